The van der Waals surface area contributed by atoms with Crippen LogP contribution in [0.1, 0.15) is 5.69 Å². The number of imidazole rings is 1. The molecule has 2 fully saturated rings. The van der Waals surface area contributed by atoms with E-state index in [1.807, 2.05) is 48.4 Å². The molecule has 2 amide bonds. The fourth-order valence-electron chi connectivity index (χ4n) is 4.52. The van der Waals surface area contributed by atoms with Crippen molar-refractivity contribution in [1.82, 2.24) is 19.2 Å². The van der Waals surface area contributed by atoms with E-state index in [-0.39, 0.29) is 30.6 Å². The maximum absolute atomic E-state index is 12.8. The van der Waals surface area contributed by atoms with E-state index >= 15 is 0 Å². The van der Waals surface area contributed by atoms with E-state index in [0.29, 0.717) is 31.2 Å². The Hall–Kier alpha value is -2.78. The smallest absolute Gasteiger partial charge is 0.320 e. The average molecular weight is 488 g/mol. The van der Waals surface area contributed by atoms with Crippen LogP contribution in [0.15, 0.2) is 42.6 Å². The van der Waals surface area contributed by atoms with Gasteiger partial charge in [-0.1, -0.05) is 17.7 Å². The number of pyridine rings is 1. The molecular weight excluding hydrogens is 462 g/mol. The summed E-state index contributed by atoms with van der Waals surface area (Å²) in [6.07, 6.45) is 1.99. The molecule has 0 N–H and O–H groups in total. The first-order chi connectivity index (χ1) is 15.8. The van der Waals surface area contributed by atoms with E-state index in [1.165, 1.54) is 0 Å². The summed E-state index contributed by atoms with van der Waals surface area (Å²) in [6.45, 7) is 5.17. The predicted molar refractivity (Wildman–Crippen MR) is 130 cm³/mol. The van der Waals surface area contributed by atoms with Crippen LogP contribution in [0.3, 0.4) is 0 Å². The van der Waals surface area contributed by atoms with Gasteiger partial charge in [-0.15, -0.1) is 0 Å². The Morgan fingerprint density at radius 1 is 0.970 bits per heavy atom. The minimum absolute atomic E-state index is 0.0503. The van der Waals surface area contributed by atoms with Crippen molar-refractivity contribution in [2.75, 3.05) is 55.7 Å². The second-order valence-corrected chi connectivity index (χ2v) is 11.2. The molecule has 0 radical (unpaired) electrons. The normalized spacial score (nSPS) is 18.7. The van der Waals surface area contributed by atoms with Gasteiger partial charge in [0.1, 0.15) is 5.65 Å². The second-order valence-electron chi connectivity index (χ2n) is 8.53. The quantitative estimate of drug-likeness (QED) is 0.555. The number of amides is 2. The summed E-state index contributed by atoms with van der Waals surface area (Å²) in [5.41, 5.74) is 4.71. The van der Waals surface area contributed by atoms with Gasteiger partial charge >= 0.3 is 6.03 Å². The van der Waals surface area contributed by atoms with Crippen LogP contribution in [-0.4, -0.2) is 84.4 Å². The largest absolute Gasteiger partial charge is 0.368 e. The molecule has 174 valence electrons. The number of piperazine rings is 1. The van der Waals surface area contributed by atoms with E-state index in [0.717, 1.165) is 28.3 Å². The maximum atomic E-state index is 12.8. The number of aromatic nitrogens is 2. The van der Waals surface area contributed by atoms with Gasteiger partial charge < -0.3 is 19.1 Å². The number of hydrogen-bond donors (Lipinski definition) is 0. The SMILES string of the molecule is Cc1c(-c2cc(N3CCN(C(=O)N4CCS(=O)(=O)CC4)CC3)ccc2Cl)nc2ccccn12. The number of sulfone groups is 1. The van der Waals surface area contributed by atoms with Gasteiger partial charge in [0.15, 0.2) is 9.84 Å². The number of fused-ring (bicyclic) bond motifs is 1. The standard InChI is InChI=1S/C23H26ClN5O3S/c1-17-22(25-21-4-2-3-7-29(17)21)19-16-18(5-6-20(19)24)26-8-10-27(11-9-26)23(30)28-12-14-33(31,32)15-13-28/h2-7,16H,8-15H2,1H3. The number of halogens is 1. The highest BCUT2D eigenvalue weighted by molar-refractivity contribution is 7.91. The Morgan fingerprint density at radius 2 is 1.67 bits per heavy atom. The van der Waals surface area contributed by atoms with Gasteiger partial charge in [0.2, 0.25) is 0 Å². The van der Waals surface area contributed by atoms with Crippen LogP contribution in [0, 0.1) is 6.92 Å². The predicted octanol–water partition coefficient (Wildman–Crippen LogP) is 2.94. The third kappa shape index (κ3) is 4.27. The van der Waals surface area contributed by atoms with Gasteiger partial charge in [-0.2, -0.15) is 0 Å². The summed E-state index contributed by atoms with van der Waals surface area (Å²) >= 11 is 6.57. The van der Waals surface area contributed by atoms with Gasteiger partial charge in [0.05, 0.1) is 22.2 Å². The molecule has 0 unspecified atom stereocenters. The van der Waals surface area contributed by atoms with Crippen molar-refractivity contribution in [1.29, 1.82) is 0 Å². The molecule has 1 aromatic carbocycles. The molecule has 10 heteroatoms. The van der Waals surface area contributed by atoms with Crippen LogP contribution in [0.5, 0.6) is 0 Å². The summed E-state index contributed by atoms with van der Waals surface area (Å²) in [4.78, 5) is 23.3. The van der Waals surface area contributed by atoms with Crippen LogP contribution < -0.4 is 4.90 Å². The van der Waals surface area contributed by atoms with E-state index in [4.69, 9.17) is 16.6 Å². The highest BCUT2D eigenvalue weighted by Gasteiger charge is 2.30. The Labute approximate surface area is 198 Å². The first kappa shape index (κ1) is 22.0. The van der Waals surface area contributed by atoms with Crippen LogP contribution in [-0.2, 0) is 9.84 Å². The second kappa shape index (κ2) is 8.53. The Morgan fingerprint density at radius 3 is 2.36 bits per heavy atom. The summed E-state index contributed by atoms with van der Waals surface area (Å²) in [5, 5.41) is 0.652. The lowest BCUT2D eigenvalue weighted by atomic mass is 10.1. The zero-order valence-electron chi connectivity index (χ0n) is 18.4. The van der Waals surface area contributed by atoms with Crippen molar-refractivity contribution < 1.29 is 13.2 Å². The Kier molecular flexibility index (Phi) is 5.70. The molecule has 2 aromatic heterocycles. The fraction of sp³-hybridized carbons (Fsp3) is 0.391. The highest BCUT2D eigenvalue weighted by Crippen LogP contribution is 2.34. The fourth-order valence-corrected chi connectivity index (χ4v) is 5.93. The number of anilines is 1. The van der Waals surface area contributed by atoms with Crippen molar-refractivity contribution in [3.63, 3.8) is 0 Å². The van der Waals surface area contributed by atoms with Crippen LogP contribution >= 0.6 is 11.6 Å². The summed E-state index contributed by atoms with van der Waals surface area (Å²) < 4.78 is 25.3. The van der Waals surface area contributed by atoms with E-state index < -0.39 is 9.84 Å². The number of carbonyl (C=O) groups is 1. The van der Waals surface area contributed by atoms with Gasteiger partial charge in [0.25, 0.3) is 0 Å². The molecule has 0 saturated carbocycles. The Balaban J connectivity index is 1.30. The first-order valence-electron chi connectivity index (χ1n) is 11.1. The lowest BCUT2D eigenvalue weighted by Crippen LogP contribution is -2.55. The average Bonchev–Trinajstić information content (AvgIpc) is 3.15. The third-order valence-corrected chi connectivity index (χ3v) is 8.44. The van der Waals surface area contributed by atoms with Crippen LogP contribution in [0.25, 0.3) is 16.9 Å². The van der Waals surface area contributed by atoms with Crippen molar-refractivity contribution in [3.8, 4) is 11.3 Å². The van der Waals surface area contributed by atoms with Crippen molar-refractivity contribution in [2.45, 2.75) is 6.92 Å². The number of urea groups is 1. The zero-order valence-corrected chi connectivity index (χ0v) is 20.0. The topological polar surface area (TPSA) is 78.2 Å². The molecule has 0 spiro atoms. The van der Waals surface area contributed by atoms with Gasteiger partial charge in [-0.05, 0) is 37.3 Å². The Bertz CT molecular complexity index is 1300. The third-order valence-electron chi connectivity index (χ3n) is 6.50. The molecule has 5 rings (SSSR count). The van der Waals surface area contributed by atoms with Crippen molar-refractivity contribution in [3.05, 3.63) is 53.3 Å². The molecule has 2 aliphatic heterocycles. The molecule has 0 atom stereocenters. The van der Waals surface area contributed by atoms with Crippen LogP contribution in [0.4, 0.5) is 10.5 Å². The number of benzene rings is 1. The number of hydrogen-bond acceptors (Lipinski definition) is 5. The molecule has 8 nitrogen and oxygen atoms in total. The van der Waals surface area contributed by atoms with Crippen molar-refractivity contribution in [2.24, 2.45) is 0 Å². The lowest BCUT2D eigenvalue weighted by Gasteiger charge is -2.39. The molecule has 4 heterocycles. The van der Waals surface area contributed by atoms with Gasteiger partial charge in [-0.25, -0.2) is 18.2 Å². The minimum atomic E-state index is -3.01. The van der Waals surface area contributed by atoms with Crippen LogP contribution in [0.2, 0.25) is 5.02 Å². The van der Waals surface area contributed by atoms with E-state index in [9.17, 15) is 13.2 Å². The monoisotopic (exact) mass is 487 g/mol. The van der Waals surface area contributed by atoms with Crippen molar-refractivity contribution >= 4 is 38.8 Å². The van der Waals surface area contributed by atoms with Gasteiger partial charge in [-0.3, -0.25) is 0 Å². The molecular formula is C23H26ClN5O3S. The highest BCUT2D eigenvalue weighted by atomic mass is 35.5. The molecule has 0 bridgehead atoms. The molecule has 0 aliphatic carbocycles. The molecule has 3 aromatic rings. The van der Waals surface area contributed by atoms with E-state index in [1.54, 1.807) is 4.90 Å². The minimum Gasteiger partial charge on any atom is -0.368 e. The zero-order chi connectivity index (χ0) is 23.2. The summed E-state index contributed by atoms with van der Waals surface area (Å²) in [6, 6.07) is 11.8. The molecule has 33 heavy (non-hydrogen) atoms. The summed E-state index contributed by atoms with van der Waals surface area (Å²) in [7, 11) is -3.01. The number of aryl methyl sites for hydroxylation is 1. The molecule has 2 aliphatic rings. The molecule has 2 saturated heterocycles. The lowest BCUT2D eigenvalue weighted by molar-refractivity contribution is 0.153. The number of nitrogens with zero attached hydrogens (tertiary/aromatic N) is 5. The maximum Gasteiger partial charge on any atom is 0.320 e. The summed E-state index contributed by atoms with van der Waals surface area (Å²) in [5.74, 6) is 0.101. The van der Waals surface area contributed by atoms with Gasteiger partial charge in [0, 0.05) is 62.4 Å². The first-order valence-corrected chi connectivity index (χ1v) is 13.3. The number of carbonyl (C=O) groups excluding carboxylic acids is 1. The number of rotatable bonds is 2. The van der Waals surface area contributed by atoms with E-state index in [2.05, 4.69) is 15.4 Å².